The molecule has 0 radical (unpaired) electrons. The molecule has 0 saturated carbocycles. The highest BCUT2D eigenvalue weighted by atomic mass is 16.1. The Morgan fingerprint density at radius 2 is 0.917 bits per heavy atom. The van der Waals surface area contributed by atoms with E-state index in [1.165, 1.54) is 0 Å². The molecule has 0 unspecified atom stereocenters. The standard InChI is InChI=1S/C41H26N6O/c48-39-33-21-7-8-22-34(33)42-41-46(39)35-23-9-10-24-36(35)47(41)40-44-37(31-19-11-17-29(25-31)27-13-3-1-4-14-27)43-38(45-40)32-20-12-18-30(26-32)28-15-5-2-6-16-28/h1-26H. The van der Waals surface area contributed by atoms with Gasteiger partial charge in [0.25, 0.3) is 5.56 Å². The van der Waals surface area contributed by atoms with E-state index in [0.717, 1.165) is 44.4 Å². The smallest absolute Gasteiger partial charge is 0.267 e. The Kier molecular flexibility index (Phi) is 6.47. The Balaban J connectivity index is 1.33. The Bertz CT molecular complexity index is 2600. The fourth-order valence-electron chi connectivity index (χ4n) is 6.30. The second kappa shape index (κ2) is 11.3. The number of aromatic nitrogens is 6. The Morgan fingerprint density at radius 3 is 1.54 bits per heavy atom. The summed E-state index contributed by atoms with van der Waals surface area (Å²) in [7, 11) is 0. The minimum atomic E-state index is -0.147. The molecule has 0 aliphatic heterocycles. The number of para-hydroxylation sites is 3. The van der Waals surface area contributed by atoms with Crippen LogP contribution in [0.5, 0.6) is 0 Å². The molecular formula is C41H26N6O. The molecule has 0 aliphatic rings. The molecule has 7 nitrogen and oxygen atoms in total. The molecule has 9 rings (SSSR count). The van der Waals surface area contributed by atoms with E-state index in [-0.39, 0.29) is 5.56 Å². The molecule has 3 heterocycles. The van der Waals surface area contributed by atoms with Crippen molar-refractivity contribution in [1.29, 1.82) is 0 Å². The van der Waals surface area contributed by atoms with Gasteiger partial charge in [0.15, 0.2) is 11.6 Å². The Hall–Kier alpha value is -6.73. The molecule has 0 fully saturated rings. The first-order valence-corrected chi connectivity index (χ1v) is 15.7. The zero-order chi connectivity index (χ0) is 32.0. The molecular weight excluding hydrogens is 592 g/mol. The van der Waals surface area contributed by atoms with E-state index in [1.54, 1.807) is 4.40 Å². The van der Waals surface area contributed by atoms with Crippen molar-refractivity contribution in [3.05, 3.63) is 168 Å². The predicted octanol–water partition coefficient (Wildman–Crippen LogP) is 8.64. The van der Waals surface area contributed by atoms with Crippen LogP contribution >= 0.6 is 0 Å². The first-order chi connectivity index (χ1) is 23.7. The SMILES string of the molecule is O=c1c2ccccc2nc2n(-c3nc(-c4cccc(-c5ccccc5)c4)nc(-c4cccc(-c5ccccc5)c4)n3)c3ccccc3n12. The lowest BCUT2D eigenvalue weighted by atomic mass is 10.0. The lowest BCUT2D eigenvalue weighted by Crippen LogP contribution is -2.15. The quantitative estimate of drug-likeness (QED) is 0.193. The van der Waals surface area contributed by atoms with Crippen LogP contribution in [0.25, 0.3) is 78.7 Å². The molecule has 6 aromatic carbocycles. The zero-order valence-corrected chi connectivity index (χ0v) is 25.6. The van der Waals surface area contributed by atoms with Crippen molar-refractivity contribution in [2.45, 2.75) is 0 Å². The van der Waals surface area contributed by atoms with Crippen molar-refractivity contribution < 1.29 is 0 Å². The zero-order valence-electron chi connectivity index (χ0n) is 25.6. The predicted molar refractivity (Wildman–Crippen MR) is 191 cm³/mol. The van der Waals surface area contributed by atoms with Crippen LogP contribution in [-0.4, -0.2) is 28.9 Å². The lowest BCUT2D eigenvalue weighted by molar-refractivity contribution is 0.927. The van der Waals surface area contributed by atoms with Gasteiger partial charge in [-0.15, -0.1) is 0 Å². The second-order valence-electron chi connectivity index (χ2n) is 11.6. The van der Waals surface area contributed by atoms with Gasteiger partial charge in [0.05, 0.1) is 21.9 Å². The first-order valence-electron chi connectivity index (χ1n) is 15.7. The third kappa shape index (κ3) is 4.65. The topological polar surface area (TPSA) is 78.0 Å². The third-order valence-electron chi connectivity index (χ3n) is 8.60. The molecule has 0 atom stereocenters. The van der Waals surface area contributed by atoms with E-state index in [0.29, 0.717) is 34.3 Å². The van der Waals surface area contributed by atoms with Gasteiger partial charge in [-0.1, -0.05) is 121 Å². The third-order valence-corrected chi connectivity index (χ3v) is 8.60. The van der Waals surface area contributed by atoms with E-state index >= 15 is 0 Å². The number of fused-ring (bicyclic) bond motifs is 4. The minimum absolute atomic E-state index is 0.147. The molecule has 0 amide bonds. The number of nitrogens with zero attached hydrogens (tertiary/aromatic N) is 6. The highest BCUT2D eigenvalue weighted by molar-refractivity contribution is 5.87. The molecule has 0 aliphatic carbocycles. The van der Waals surface area contributed by atoms with Crippen LogP contribution < -0.4 is 5.56 Å². The summed E-state index contributed by atoms with van der Waals surface area (Å²) >= 11 is 0. The van der Waals surface area contributed by atoms with Crippen LogP contribution in [-0.2, 0) is 0 Å². The number of rotatable bonds is 5. The molecule has 226 valence electrons. The van der Waals surface area contributed by atoms with E-state index in [9.17, 15) is 4.79 Å². The van der Waals surface area contributed by atoms with Gasteiger partial charge in [-0.2, -0.15) is 9.97 Å². The van der Waals surface area contributed by atoms with E-state index in [2.05, 4.69) is 48.5 Å². The van der Waals surface area contributed by atoms with Gasteiger partial charge < -0.3 is 0 Å². The van der Waals surface area contributed by atoms with Crippen molar-refractivity contribution >= 4 is 27.7 Å². The molecule has 48 heavy (non-hydrogen) atoms. The fraction of sp³-hybridized carbons (Fsp3) is 0. The summed E-state index contributed by atoms with van der Waals surface area (Å²) in [4.78, 5) is 34.1. The average Bonchev–Trinajstić information content (AvgIpc) is 3.50. The highest BCUT2D eigenvalue weighted by Crippen LogP contribution is 2.30. The van der Waals surface area contributed by atoms with Gasteiger partial charge in [0.2, 0.25) is 11.7 Å². The maximum Gasteiger partial charge on any atom is 0.267 e. The molecule has 0 N–H and O–H groups in total. The van der Waals surface area contributed by atoms with E-state index in [4.69, 9.17) is 19.9 Å². The number of benzene rings is 6. The molecule has 7 heteroatoms. The van der Waals surface area contributed by atoms with Gasteiger partial charge >= 0.3 is 0 Å². The molecule has 0 bridgehead atoms. The van der Waals surface area contributed by atoms with Crippen LogP contribution in [0.1, 0.15) is 0 Å². The molecule has 0 saturated heterocycles. The van der Waals surface area contributed by atoms with Crippen molar-refractivity contribution in [1.82, 2.24) is 28.9 Å². The van der Waals surface area contributed by atoms with E-state index < -0.39 is 0 Å². The number of hydrogen-bond donors (Lipinski definition) is 0. The maximum absolute atomic E-state index is 13.9. The number of imidazole rings is 1. The summed E-state index contributed by atoms with van der Waals surface area (Å²) in [6, 6.07) is 52.1. The van der Waals surface area contributed by atoms with Gasteiger partial charge in [-0.3, -0.25) is 4.79 Å². The molecule has 3 aromatic heterocycles. The van der Waals surface area contributed by atoms with Gasteiger partial charge in [-0.25, -0.2) is 18.9 Å². The summed E-state index contributed by atoms with van der Waals surface area (Å²) in [5.41, 5.74) is 7.93. The summed E-state index contributed by atoms with van der Waals surface area (Å²) in [5.74, 6) is 1.82. The Morgan fingerprint density at radius 1 is 0.417 bits per heavy atom. The first kappa shape index (κ1) is 27.6. The second-order valence-corrected chi connectivity index (χ2v) is 11.6. The van der Waals surface area contributed by atoms with Crippen LogP contribution in [0.4, 0.5) is 0 Å². The largest absolute Gasteiger partial charge is 0.268 e. The molecule has 9 aromatic rings. The summed E-state index contributed by atoms with van der Waals surface area (Å²) in [6.45, 7) is 0. The minimum Gasteiger partial charge on any atom is -0.268 e. The van der Waals surface area contributed by atoms with Crippen molar-refractivity contribution in [3.8, 4) is 51.0 Å². The fourth-order valence-corrected chi connectivity index (χ4v) is 6.30. The molecule has 0 spiro atoms. The number of hydrogen-bond acceptors (Lipinski definition) is 5. The summed E-state index contributed by atoms with van der Waals surface area (Å²) in [6.07, 6.45) is 0. The van der Waals surface area contributed by atoms with Crippen molar-refractivity contribution in [2.24, 2.45) is 0 Å². The van der Waals surface area contributed by atoms with Crippen LogP contribution in [0.3, 0.4) is 0 Å². The van der Waals surface area contributed by atoms with E-state index in [1.807, 2.05) is 114 Å². The van der Waals surface area contributed by atoms with Crippen molar-refractivity contribution in [2.75, 3.05) is 0 Å². The van der Waals surface area contributed by atoms with Gasteiger partial charge in [0, 0.05) is 11.1 Å². The Labute approximate surface area is 275 Å². The van der Waals surface area contributed by atoms with Gasteiger partial charge in [-0.05, 0) is 58.7 Å². The van der Waals surface area contributed by atoms with Gasteiger partial charge in [0.1, 0.15) is 0 Å². The highest BCUT2D eigenvalue weighted by Gasteiger charge is 2.21. The van der Waals surface area contributed by atoms with Crippen LogP contribution in [0.15, 0.2) is 163 Å². The summed E-state index contributed by atoms with van der Waals surface area (Å²) in [5, 5.41) is 0.547. The van der Waals surface area contributed by atoms with Crippen LogP contribution in [0.2, 0.25) is 0 Å². The normalized spacial score (nSPS) is 11.4. The monoisotopic (exact) mass is 618 g/mol. The lowest BCUT2D eigenvalue weighted by Gasteiger charge is -2.12. The summed E-state index contributed by atoms with van der Waals surface area (Å²) < 4.78 is 3.51. The average molecular weight is 619 g/mol. The van der Waals surface area contributed by atoms with Crippen molar-refractivity contribution in [3.63, 3.8) is 0 Å². The van der Waals surface area contributed by atoms with Crippen LogP contribution in [0, 0.1) is 0 Å². The maximum atomic E-state index is 13.9.